The van der Waals surface area contributed by atoms with E-state index in [2.05, 4.69) is 0 Å². The molecule has 0 radical (unpaired) electrons. The van der Waals surface area contributed by atoms with Gasteiger partial charge in [-0.25, -0.2) is 4.39 Å². The molecule has 1 N–H and O–H groups in total. The average molecular weight is 194 g/mol. The highest BCUT2D eigenvalue weighted by atomic mass is 19.1. The zero-order valence-electron chi connectivity index (χ0n) is 7.66. The molecule has 0 saturated carbocycles. The van der Waals surface area contributed by atoms with Gasteiger partial charge in [-0.3, -0.25) is 0 Å². The molecule has 0 fully saturated rings. The molecule has 0 unspecified atom stereocenters. The van der Waals surface area contributed by atoms with Crippen molar-refractivity contribution in [2.24, 2.45) is 0 Å². The van der Waals surface area contributed by atoms with Gasteiger partial charge in [-0.2, -0.15) is 0 Å². The molecule has 1 heterocycles. The number of benzene rings is 1. The van der Waals surface area contributed by atoms with Gasteiger partial charge in [0.05, 0.1) is 13.2 Å². The van der Waals surface area contributed by atoms with Crippen molar-refractivity contribution >= 4 is 5.57 Å². The summed E-state index contributed by atoms with van der Waals surface area (Å²) in [6.45, 7) is 1.17. The number of phenolic OH excluding ortho intramolecular Hbond substituents is 1. The van der Waals surface area contributed by atoms with Crippen LogP contribution in [0.4, 0.5) is 4.39 Å². The van der Waals surface area contributed by atoms with E-state index in [9.17, 15) is 4.39 Å². The summed E-state index contributed by atoms with van der Waals surface area (Å²) in [6, 6.07) is 4.22. The number of hydrogen-bond acceptors (Lipinski definition) is 2. The Bertz CT molecular complexity index is 372. The number of aromatic hydroxyl groups is 1. The summed E-state index contributed by atoms with van der Waals surface area (Å²) in [7, 11) is 0. The lowest BCUT2D eigenvalue weighted by molar-refractivity contribution is 0.161. The zero-order valence-corrected chi connectivity index (χ0v) is 7.66. The number of halogens is 1. The molecule has 1 aliphatic rings. The second-order valence-electron chi connectivity index (χ2n) is 3.22. The third-order valence-corrected chi connectivity index (χ3v) is 2.26. The molecule has 0 aliphatic carbocycles. The van der Waals surface area contributed by atoms with Gasteiger partial charge < -0.3 is 9.84 Å². The summed E-state index contributed by atoms with van der Waals surface area (Å²) in [5.74, 6) is -0.419. The Morgan fingerprint density at radius 3 is 2.86 bits per heavy atom. The molecule has 74 valence electrons. The van der Waals surface area contributed by atoms with Crippen LogP contribution in [0, 0.1) is 5.82 Å². The molecule has 3 heteroatoms. The first kappa shape index (κ1) is 9.21. The number of rotatable bonds is 1. The van der Waals surface area contributed by atoms with E-state index >= 15 is 0 Å². The maximum Gasteiger partial charge on any atom is 0.134 e. The van der Waals surface area contributed by atoms with Crippen molar-refractivity contribution in [1.29, 1.82) is 0 Å². The molecule has 2 nitrogen and oxygen atoms in total. The summed E-state index contributed by atoms with van der Waals surface area (Å²) in [5.41, 5.74) is 1.51. The quantitative estimate of drug-likeness (QED) is 0.743. The molecule has 1 aliphatic heterocycles. The zero-order chi connectivity index (χ0) is 9.97. The third kappa shape index (κ3) is 1.77. The molecular formula is C11H11FO2. The Kier molecular flexibility index (Phi) is 2.50. The Hall–Kier alpha value is -1.35. The number of phenols is 1. The van der Waals surface area contributed by atoms with E-state index in [-0.39, 0.29) is 11.6 Å². The van der Waals surface area contributed by atoms with E-state index in [0.29, 0.717) is 18.8 Å². The molecule has 14 heavy (non-hydrogen) atoms. The highest BCUT2D eigenvalue weighted by Gasteiger charge is 2.10. The summed E-state index contributed by atoms with van der Waals surface area (Å²) < 4.78 is 18.5. The first-order valence-electron chi connectivity index (χ1n) is 4.53. The van der Waals surface area contributed by atoms with Gasteiger partial charge in [-0.15, -0.1) is 0 Å². The SMILES string of the molecule is Oc1ccc(C2=CCOCC2)c(F)c1. The average Bonchev–Trinajstić information content (AvgIpc) is 2.19. The van der Waals surface area contributed by atoms with Crippen LogP contribution in [0.2, 0.25) is 0 Å². The van der Waals surface area contributed by atoms with Crippen LogP contribution in [0.5, 0.6) is 5.75 Å². The van der Waals surface area contributed by atoms with Gasteiger partial charge in [0.2, 0.25) is 0 Å². The summed E-state index contributed by atoms with van der Waals surface area (Å²) in [5, 5.41) is 9.05. The molecule has 0 spiro atoms. The lowest BCUT2D eigenvalue weighted by Crippen LogP contribution is -2.04. The molecule has 0 bridgehead atoms. The Morgan fingerprint density at radius 1 is 1.36 bits per heavy atom. The van der Waals surface area contributed by atoms with E-state index in [1.807, 2.05) is 6.08 Å². The third-order valence-electron chi connectivity index (χ3n) is 2.26. The lowest BCUT2D eigenvalue weighted by atomic mass is 10.0. The Balaban J connectivity index is 2.35. The van der Waals surface area contributed by atoms with E-state index in [4.69, 9.17) is 9.84 Å². The normalized spacial score (nSPS) is 16.5. The van der Waals surface area contributed by atoms with Crippen molar-refractivity contribution in [1.82, 2.24) is 0 Å². The molecular weight excluding hydrogens is 183 g/mol. The summed E-state index contributed by atoms with van der Waals surface area (Å²) >= 11 is 0. The second kappa shape index (κ2) is 3.80. The van der Waals surface area contributed by atoms with Gasteiger partial charge in [-0.1, -0.05) is 6.08 Å². The maximum atomic E-state index is 13.4. The van der Waals surface area contributed by atoms with Crippen LogP contribution < -0.4 is 0 Å². The second-order valence-corrected chi connectivity index (χ2v) is 3.22. The predicted molar refractivity (Wildman–Crippen MR) is 51.5 cm³/mol. The molecule has 0 aromatic heterocycles. The van der Waals surface area contributed by atoms with Crippen LogP contribution >= 0.6 is 0 Å². The summed E-state index contributed by atoms with van der Waals surface area (Å²) in [6.07, 6.45) is 2.60. The minimum atomic E-state index is -0.377. The van der Waals surface area contributed by atoms with Gasteiger partial charge >= 0.3 is 0 Å². The van der Waals surface area contributed by atoms with E-state index in [1.165, 1.54) is 6.07 Å². The predicted octanol–water partition coefficient (Wildman–Crippen LogP) is 2.33. The fourth-order valence-corrected chi connectivity index (χ4v) is 1.54. The first-order valence-corrected chi connectivity index (χ1v) is 4.53. The van der Waals surface area contributed by atoms with Gasteiger partial charge in [0.25, 0.3) is 0 Å². The minimum absolute atomic E-state index is 0.0427. The molecule has 2 rings (SSSR count). The molecule has 0 atom stereocenters. The van der Waals surface area contributed by atoms with Crippen LogP contribution in [0.25, 0.3) is 5.57 Å². The fourth-order valence-electron chi connectivity index (χ4n) is 1.54. The Morgan fingerprint density at radius 2 is 2.21 bits per heavy atom. The topological polar surface area (TPSA) is 29.5 Å². The van der Waals surface area contributed by atoms with Crippen molar-refractivity contribution in [3.05, 3.63) is 35.7 Å². The number of ether oxygens (including phenoxy) is 1. The standard InChI is InChI=1S/C11H11FO2/c12-11-7-9(13)1-2-10(11)8-3-5-14-6-4-8/h1-3,7,13H,4-6H2. The van der Waals surface area contributed by atoms with Crippen LogP contribution in [0.1, 0.15) is 12.0 Å². The largest absolute Gasteiger partial charge is 0.508 e. The maximum absolute atomic E-state index is 13.4. The van der Waals surface area contributed by atoms with Crippen LogP contribution in [0.15, 0.2) is 24.3 Å². The van der Waals surface area contributed by atoms with Gasteiger partial charge in [0.1, 0.15) is 11.6 Å². The molecule has 1 aromatic carbocycles. The van der Waals surface area contributed by atoms with E-state index in [0.717, 1.165) is 18.1 Å². The van der Waals surface area contributed by atoms with Crippen molar-refractivity contribution in [3.8, 4) is 5.75 Å². The highest BCUT2D eigenvalue weighted by Crippen LogP contribution is 2.25. The van der Waals surface area contributed by atoms with Crippen molar-refractivity contribution < 1.29 is 14.2 Å². The molecule has 1 aromatic rings. The smallest absolute Gasteiger partial charge is 0.134 e. The van der Waals surface area contributed by atoms with Crippen molar-refractivity contribution in [3.63, 3.8) is 0 Å². The van der Waals surface area contributed by atoms with Crippen LogP contribution in [0.3, 0.4) is 0 Å². The Labute approximate surface area is 81.6 Å². The lowest BCUT2D eigenvalue weighted by Gasteiger charge is -2.14. The van der Waals surface area contributed by atoms with Gasteiger partial charge in [0, 0.05) is 11.6 Å². The molecule has 0 amide bonds. The highest BCUT2D eigenvalue weighted by molar-refractivity contribution is 5.67. The summed E-state index contributed by atoms with van der Waals surface area (Å²) in [4.78, 5) is 0. The molecule has 0 saturated heterocycles. The van der Waals surface area contributed by atoms with Crippen LogP contribution in [-0.4, -0.2) is 18.3 Å². The van der Waals surface area contributed by atoms with E-state index in [1.54, 1.807) is 6.07 Å². The first-order chi connectivity index (χ1) is 6.77. The van der Waals surface area contributed by atoms with Crippen LogP contribution in [-0.2, 0) is 4.74 Å². The van der Waals surface area contributed by atoms with E-state index < -0.39 is 0 Å². The van der Waals surface area contributed by atoms with Gasteiger partial charge in [-0.05, 0) is 24.1 Å². The minimum Gasteiger partial charge on any atom is -0.508 e. The van der Waals surface area contributed by atoms with Gasteiger partial charge in [0.15, 0.2) is 0 Å². The van der Waals surface area contributed by atoms with Crippen molar-refractivity contribution in [2.45, 2.75) is 6.42 Å². The number of hydrogen-bond donors (Lipinski definition) is 1. The fraction of sp³-hybridized carbons (Fsp3) is 0.273. The van der Waals surface area contributed by atoms with Crippen molar-refractivity contribution in [2.75, 3.05) is 13.2 Å². The monoisotopic (exact) mass is 194 g/mol.